The summed E-state index contributed by atoms with van der Waals surface area (Å²) >= 11 is 6.27. The monoisotopic (exact) mass is 435 g/mol. The normalized spacial score (nSPS) is 16.7. The summed E-state index contributed by atoms with van der Waals surface area (Å²) in [6.07, 6.45) is 0. The van der Waals surface area contributed by atoms with Gasteiger partial charge in [-0.05, 0) is 30.7 Å². The van der Waals surface area contributed by atoms with E-state index in [0.717, 1.165) is 18.7 Å². The van der Waals surface area contributed by atoms with E-state index in [1.54, 1.807) is 23.8 Å². The van der Waals surface area contributed by atoms with E-state index in [1.165, 1.54) is 0 Å². The van der Waals surface area contributed by atoms with Gasteiger partial charge in [0.05, 0.1) is 24.8 Å². The van der Waals surface area contributed by atoms with E-state index in [4.69, 9.17) is 16.3 Å². The molecule has 1 atom stereocenters. The zero-order valence-corrected chi connectivity index (χ0v) is 18.3. The second-order valence-electron chi connectivity index (χ2n) is 7.59. The Hall–Kier alpha value is -1.90. The van der Waals surface area contributed by atoms with Gasteiger partial charge in [0.15, 0.2) is 0 Å². The number of aliphatic hydroxyl groups excluding tert-OH is 1. The van der Waals surface area contributed by atoms with Crippen LogP contribution in [0.1, 0.15) is 22.9 Å². The predicted molar refractivity (Wildman–Crippen MR) is 117 cm³/mol. The fraction of sp³-hybridized carbons (Fsp3) is 0.500. The van der Waals surface area contributed by atoms with Gasteiger partial charge in [-0.2, -0.15) is 0 Å². The maximum absolute atomic E-state index is 13.5. The summed E-state index contributed by atoms with van der Waals surface area (Å²) in [7, 11) is 1.60. The number of halogens is 1. The number of ether oxygens (including phenoxy) is 1. The first-order valence-corrected chi connectivity index (χ1v) is 10.6. The van der Waals surface area contributed by atoms with Crippen molar-refractivity contribution in [2.75, 3.05) is 53.0 Å². The number of nitrogens with zero attached hydrogens (tertiary/aromatic N) is 3. The van der Waals surface area contributed by atoms with Crippen LogP contribution in [0, 0.1) is 6.92 Å². The van der Waals surface area contributed by atoms with E-state index in [-0.39, 0.29) is 17.9 Å². The van der Waals surface area contributed by atoms with Crippen molar-refractivity contribution >= 4 is 11.6 Å². The summed E-state index contributed by atoms with van der Waals surface area (Å²) in [6, 6.07) is 8.68. The number of methoxy groups -OCH3 is 1. The van der Waals surface area contributed by atoms with Gasteiger partial charge in [-0.3, -0.25) is 14.6 Å². The summed E-state index contributed by atoms with van der Waals surface area (Å²) in [5.41, 5.74) is 1.70. The lowest BCUT2D eigenvalue weighted by Crippen LogP contribution is -2.49. The van der Waals surface area contributed by atoms with Gasteiger partial charge in [0.25, 0.3) is 5.56 Å². The molecule has 0 bridgehead atoms. The minimum Gasteiger partial charge on any atom is -0.507 e. The molecule has 0 spiro atoms. The molecule has 2 N–H and O–H groups in total. The van der Waals surface area contributed by atoms with Crippen molar-refractivity contribution in [2.45, 2.75) is 19.5 Å². The van der Waals surface area contributed by atoms with E-state index >= 15 is 0 Å². The quantitative estimate of drug-likeness (QED) is 0.659. The molecule has 1 saturated heterocycles. The third kappa shape index (κ3) is 5.04. The number of aliphatic hydroxyl groups is 1. The molecule has 1 aromatic heterocycles. The molecule has 8 heteroatoms. The van der Waals surface area contributed by atoms with Gasteiger partial charge in [-0.15, -0.1) is 0 Å². The molecule has 1 aromatic carbocycles. The molecule has 1 unspecified atom stereocenters. The topological polar surface area (TPSA) is 78.2 Å². The summed E-state index contributed by atoms with van der Waals surface area (Å²) < 4.78 is 6.81. The number of hydrogen-bond acceptors (Lipinski definition) is 6. The Morgan fingerprint density at radius 1 is 1.17 bits per heavy atom. The highest BCUT2D eigenvalue weighted by atomic mass is 35.5. The molecular formula is C22H30ClN3O4. The Labute approximate surface area is 182 Å². The highest BCUT2D eigenvalue weighted by Crippen LogP contribution is 2.34. The average molecular weight is 436 g/mol. The van der Waals surface area contributed by atoms with E-state index in [1.807, 2.05) is 25.1 Å². The van der Waals surface area contributed by atoms with E-state index in [9.17, 15) is 15.0 Å². The van der Waals surface area contributed by atoms with Crippen LogP contribution in [0.2, 0.25) is 5.02 Å². The van der Waals surface area contributed by atoms with Crippen LogP contribution >= 0.6 is 11.6 Å². The lowest BCUT2D eigenvalue weighted by Gasteiger charge is -2.39. The molecule has 2 aromatic rings. The minimum absolute atomic E-state index is 0.00562. The SMILES string of the molecule is COCCn1c(C)cc(O)c(C(c2cccc(Cl)c2)N2CCN(CCO)CC2)c1=O. The van der Waals surface area contributed by atoms with Crippen LogP contribution in [0.15, 0.2) is 35.1 Å². The van der Waals surface area contributed by atoms with Crippen LogP contribution in [0.4, 0.5) is 0 Å². The van der Waals surface area contributed by atoms with Gasteiger partial charge in [0.2, 0.25) is 0 Å². The lowest BCUT2D eigenvalue weighted by atomic mass is 9.96. The van der Waals surface area contributed by atoms with Crippen LogP contribution < -0.4 is 5.56 Å². The number of β-amino-alcohol motifs (C(OH)–C–C–N with tert-alkyl or cyclic N) is 1. The second-order valence-corrected chi connectivity index (χ2v) is 8.03. The van der Waals surface area contributed by atoms with Crippen molar-refractivity contribution in [3.05, 3.63) is 62.5 Å². The fourth-order valence-corrected chi connectivity index (χ4v) is 4.31. The van der Waals surface area contributed by atoms with E-state index in [0.29, 0.717) is 49.1 Å². The molecule has 0 amide bonds. The van der Waals surface area contributed by atoms with Gasteiger partial charge >= 0.3 is 0 Å². The zero-order valence-electron chi connectivity index (χ0n) is 17.6. The van der Waals surface area contributed by atoms with Crippen molar-refractivity contribution in [3.63, 3.8) is 0 Å². The van der Waals surface area contributed by atoms with Gasteiger partial charge in [-0.1, -0.05) is 23.7 Å². The average Bonchev–Trinajstić information content (AvgIpc) is 2.72. The molecule has 0 saturated carbocycles. The van der Waals surface area contributed by atoms with Crippen LogP contribution in [0.5, 0.6) is 5.75 Å². The number of rotatable bonds is 8. The Bertz CT molecular complexity index is 910. The highest BCUT2D eigenvalue weighted by Gasteiger charge is 2.31. The van der Waals surface area contributed by atoms with Crippen LogP contribution in [-0.2, 0) is 11.3 Å². The fourth-order valence-electron chi connectivity index (χ4n) is 4.11. The molecule has 7 nitrogen and oxygen atoms in total. The predicted octanol–water partition coefficient (Wildman–Crippen LogP) is 1.86. The third-order valence-electron chi connectivity index (χ3n) is 5.67. The number of pyridine rings is 1. The molecular weight excluding hydrogens is 406 g/mol. The largest absolute Gasteiger partial charge is 0.507 e. The Kier molecular flexibility index (Phi) is 7.91. The smallest absolute Gasteiger partial charge is 0.259 e. The molecule has 1 fully saturated rings. The molecule has 0 aliphatic carbocycles. The van der Waals surface area contributed by atoms with E-state index < -0.39 is 6.04 Å². The van der Waals surface area contributed by atoms with Crippen molar-refractivity contribution in [2.24, 2.45) is 0 Å². The molecule has 3 rings (SSSR count). The first-order chi connectivity index (χ1) is 14.5. The Morgan fingerprint density at radius 3 is 2.53 bits per heavy atom. The van der Waals surface area contributed by atoms with Gasteiger partial charge in [0, 0.05) is 57.1 Å². The summed E-state index contributed by atoms with van der Waals surface area (Å²) in [4.78, 5) is 17.9. The van der Waals surface area contributed by atoms with Gasteiger partial charge < -0.3 is 19.5 Å². The minimum atomic E-state index is -0.415. The highest BCUT2D eigenvalue weighted by molar-refractivity contribution is 6.30. The lowest BCUT2D eigenvalue weighted by molar-refractivity contribution is 0.0931. The molecule has 1 aliphatic heterocycles. The molecule has 164 valence electrons. The number of hydrogen-bond donors (Lipinski definition) is 2. The van der Waals surface area contributed by atoms with Gasteiger partial charge in [-0.25, -0.2) is 0 Å². The zero-order chi connectivity index (χ0) is 21.7. The van der Waals surface area contributed by atoms with Gasteiger partial charge in [0.1, 0.15) is 5.75 Å². The van der Waals surface area contributed by atoms with Crippen molar-refractivity contribution < 1.29 is 14.9 Å². The van der Waals surface area contributed by atoms with E-state index in [2.05, 4.69) is 9.80 Å². The van der Waals surface area contributed by atoms with Crippen molar-refractivity contribution in [3.8, 4) is 5.75 Å². The van der Waals surface area contributed by atoms with Crippen molar-refractivity contribution in [1.29, 1.82) is 0 Å². The van der Waals surface area contributed by atoms with Crippen molar-refractivity contribution in [1.82, 2.24) is 14.4 Å². The summed E-state index contributed by atoms with van der Waals surface area (Å²) in [5, 5.41) is 20.7. The maximum atomic E-state index is 13.5. The first kappa shape index (κ1) is 22.8. The van der Waals surface area contributed by atoms with Crippen LogP contribution in [0.25, 0.3) is 0 Å². The number of aryl methyl sites for hydroxylation is 1. The Morgan fingerprint density at radius 2 is 1.90 bits per heavy atom. The molecule has 2 heterocycles. The Balaban J connectivity index is 2.06. The molecule has 1 aliphatic rings. The molecule has 30 heavy (non-hydrogen) atoms. The summed E-state index contributed by atoms with van der Waals surface area (Å²) in [5.74, 6) is -0.00562. The third-order valence-corrected chi connectivity index (χ3v) is 5.90. The first-order valence-electron chi connectivity index (χ1n) is 10.2. The number of aromatic nitrogens is 1. The summed E-state index contributed by atoms with van der Waals surface area (Å²) in [6.45, 7) is 6.38. The van der Waals surface area contributed by atoms with Crippen LogP contribution in [-0.4, -0.2) is 77.6 Å². The molecule has 0 radical (unpaired) electrons. The maximum Gasteiger partial charge on any atom is 0.259 e. The number of aromatic hydroxyl groups is 1. The second kappa shape index (κ2) is 10.4. The number of benzene rings is 1. The standard InChI is InChI=1S/C22H30ClN3O4/c1-16-14-19(28)20(22(29)26(16)11-13-30-2)21(17-4-3-5-18(23)15-17)25-8-6-24(7-9-25)10-12-27/h3-5,14-15,21,27-28H,6-13H2,1-2H3. The van der Waals surface area contributed by atoms with Crippen LogP contribution in [0.3, 0.4) is 0 Å². The number of piperazine rings is 1.